The predicted molar refractivity (Wildman–Crippen MR) is 150 cm³/mol. The van der Waals surface area contributed by atoms with Crippen LogP contribution >= 0.6 is 23.5 Å². The van der Waals surface area contributed by atoms with Crippen LogP contribution in [0.15, 0.2) is 85.1 Å². The number of anilines is 1. The van der Waals surface area contributed by atoms with E-state index in [1.807, 2.05) is 60.5 Å². The number of amides is 2. The van der Waals surface area contributed by atoms with E-state index in [2.05, 4.69) is 0 Å². The van der Waals surface area contributed by atoms with E-state index in [1.165, 1.54) is 11.8 Å². The van der Waals surface area contributed by atoms with Crippen molar-refractivity contribution in [3.8, 4) is 5.75 Å². The molecule has 2 aliphatic heterocycles. The summed E-state index contributed by atoms with van der Waals surface area (Å²) >= 11 is 2.86. The van der Waals surface area contributed by atoms with E-state index in [-0.39, 0.29) is 12.5 Å². The Balaban J connectivity index is 1.54. The third-order valence-corrected chi connectivity index (χ3v) is 8.62. The Labute approximate surface area is 229 Å². The molecular formula is C27H27N5O4S2. The highest BCUT2D eigenvalue weighted by Gasteiger charge is 2.39. The maximum atomic E-state index is 13.8. The van der Waals surface area contributed by atoms with Gasteiger partial charge in [-0.05, 0) is 67.8 Å². The van der Waals surface area contributed by atoms with E-state index in [1.54, 1.807) is 55.1 Å². The number of carbonyl (C=O) groups is 2. The molecule has 9 nitrogen and oxygen atoms in total. The summed E-state index contributed by atoms with van der Waals surface area (Å²) in [5.74, 6) is 0.794. The first-order valence-electron chi connectivity index (χ1n) is 11.8. The van der Waals surface area contributed by atoms with Crippen LogP contribution in [-0.2, 0) is 16.1 Å². The molecule has 3 aromatic rings. The molecule has 196 valence electrons. The Hall–Kier alpha value is -3.67. The Kier molecular flexibility index (Phi) is 7.24. The molecule has 2 amide bonds. The number of nitrogens with zero attached hydrogens (tertiary/aromatic N) is 4. The van der Waals surface area contributed by atoms with Gasteiger partial charge in [0.2, 0.25) is 5.91 Å². The fourth-order valence-corrected chi connectivity index (χ4v) is 6.68. The molecule has 1 saturated heterocycles. The SMILES string of the molecule is COc1ccc2c(c1)N(C)C(=C1SC(=Nc3cccc(C(C(N)=O)N(C)C)c3)N(Cc3ccco3)C1=O)S2. The number of methoxy groups -OCH3 is 1. The minimum atomic E-state index is -0.594. The molecule has 0 saturated carbocycles. The van der Waals surface area contributed by atoms with Gasteiger partial charge in [-0.25, -0.2) is 4.99 Å². The second-order valence-electron chi connectivity index (χ2n) is 8.96. The smallest absolute Gasteiger partial charge is 0.269 e. The number of carbonyl (C=O) groups excluding carboxylic acids is 2. The molecule has 2 N–H and O–H groups in total. The number of aliphatic imine (C=N–C) groups is 1. The number of furan rings is 1. The normalized spacial score (nSPS) is 19.0. The van der Waals surface area contributed by atoms with Crippen molar-refractivity contribution in [3.63, 3.8) is 0 Å². The summed E-state index contributed by atoms with van der Waals surface area (Å²) in [5.41, 5.74) is 7.96. The van der Waals surface area contributed by atoms with Crippen molar-refractivity contribution < 1.29 is 18.7 Å². The van der Waals surface area contributed by atoms with Crippen LogP contribution in [0.4, 0.5) is 11.4 Å². The van der Waals surface area contributed by atoms with Gasteiger partial charge in [0, 0.05) is 18.0 Å². The summed E-state index contributed by atoms with van der Waals surface area (Å²) in [4.78, 5) is 37.7. The van der Waals surface area contributed by atoms with Gasteiger partial charge in [0.25, 0.3) is 5.91 Å². The molecule has 11 heteroatoms. The zero-order valence-electron chi connectivity index (χ0n) is 21.4. The van der Waals surface area contributed by atoms with Crippen molar-refractivity contribution in [1.82, 2.24) is 9.80 Å². The lowest BCUT2D eigenvalue weighted by Gasteiger charge is -2.21. The van der Waals surface area contributed by atoms with Crippen molar-refractivity contribution >= 4 is 51.9 Å². The van der Waals surface area contributed by atoms with Crippen LogP contribution < -0.4 is 15.4 Å². The molecule has 1 unspecified atom stereocenters. The lowest BCUT2D eigenvalue weighted by molar-refractivity contribution is -0.123. The Morgan fingerprint density at radius 2 is 1.97 bits per heavy atom. The van der Waals surface area contributed by atoms with Gasteiger partial charge < -0.3 is 19.8 Å². The van der Waals surface area contributed by atoms with Crippen LogP contribution in [0.5, 0.6) is 5.75 Å². The predicted octanol–water partition coefficient (Wildman–Crippen LogP) is 4.55. The summed E-state index contributed by atoms with van der Waals surface area (Å²) in [5, 5.41) is 1.35. The lowest BCUT2D eigenvalue weighted by Crippen LogP contribution is -2.32. The van der Waals surface area contributed by atoms with Crippen LogP contribution in [0.2, 0.25) is 0 Å². The van der Waals surface area contributed by atoms with Gasteiger partial charge in [-0.3, -0.25) is 19.4 Å². The summed E-state index contributed by atoms with van der Waals surface area (Å²) in [6.07, 6.45) is 1.58. The van der Waals surface area contributed by atoms with E-state index < -0.39 is 11.9 Å². The molecule has 5 rings (SSSR count). The number of fused-ring (bicyclic) bond motifs is 1. The number of primary amides is 1. The fraction of sp³-hybridized carbons (Fsp3) is 0.222. The summed E-state index contributed by atoms with van der Waals surface area (Å²) in [6, 6.07) is 16.2. The van der Waals surface area contributed by atoms with E-state index in [9.17, 15) is 9.59 Å². The number of ether oxygens (including phenoxy) is 1. The maximum absolute atomic E-state index is 13.8. The van der Waals surface area contributed by atoms with Gasteiger partial charge in [-0.15, -0.1) is 0 Å². The fourth-order valence-electron chi connectivity index (χ4n) is 4.36. The third-order valence-electron chi connectivity index (χ3n) is 6.19. The van der Waals surface area contributed by atoms with Crippen molar-refractivity contribution in [2.45, 2.75) is 17.5 Å². The molecular weight excluding hydrogens is 522 g/mol. The highest BCUT2D eigenvalue weighted by atomic mass is 32.2. The van der Waals surface area contributed by atoms with E-state index in [0.29, 0.717) is 21.5 Å². The van der Waals surface area contributed by atoms with Gasteiger partial charge in [0.05, 0.1) is 36.3 Å². The zero-order valence-corrected chi connectivity index (χ0v) is 23.0. The molecule has 0 radical (unpaired) electrons. The van der Waals surface area contributed by atoms with Crippen molar-refractivity contribution in [2.24, 2.45) is 10.7 Å². The number of amidine groups is 1. The zero-order chi connectivity index (χ0) is 27.0. The monoisotopic (exact) mass is 549 g/mol. The molecule has 38 heavy (non-hydrogen) atoms. The average molecular weight is 550 g/mol. The first-order chi connectivity index (χ1) is 18.3. The number of rotatable bonds is 7. The summed E-state index contributed by atoms with van der Waals surface area (Å²) in [6.45, 7) is 0.241. The number of hydrogen-bond donors (Lipinski definition) is 1. The summed E-state index contributed by atoms with van der Waals surface area (Å²) in [7, 11) is 7.17. The second kappa shape index (κ2) is 10.6. The van der Waals surface area contributed by atoms with Crippen LogP contribution in [0.25, 0.3) is 0 Å². The standard InChI is InChI=1S/C27H27N5O4S2/c1-30(2)22(24(28)33)16-7-5-8-17(13-16)29-27-32(15-19-9-6-12-36-19)25(34)23(38-27)26-31(3)20-14-18(35-4)10-11-21(20)37-26/h5-14,22H,15H2,1-4H3,(H2,28,33). The molecule has 1 fully saturated rings. The summed E-state index contributed by atoms with van der Waals surface area (Å²) < 4.78 is 10.9. The molecule has 1 atom stereocenters. The second-order valence-corrected chi connectivity index (χ2v) is 11.0. The minimum Gasteiger partial charge on any atom is -0.497 e. The van der Waals surface area contributed by atoms with Gasteiger partial charge in [-0.2, -0.15) is 0 Å². The van der Waals surface area contributed by atoms with E-state index in [0.717, 1.165) is 26.9 Å². The topological polar surface area (TPSA) is 105 Å². The minimum absolute atomic E-state index is 0.154. The molecule has 0 spiro atoms. The van der Waals surface area contributed by atoms with Gasteiger partial charge in [-0.1, -0.05) is 23.9 Å². The van der Waals surface area contributed by atoms with Crippen LogP contribution in [0.1, 0.15) is 17.4 Å². The number of likely N-dealkylation sites (N-methyl/N-ethyl adjacent to an activating group) is 1. The van der Waals surface area contributed by atoms with Crippen molar-refractivity contribution in [3.05, 3.63) is 82.1 Å². The van der Waals surface area contributed by atoms with E-state index >= 15 is 0 Å². The highest BCUT2D eigenvalue weighted by molar-refractivity contribution is 8.19. The maximum Gasteiger partial charge on any atom is 0.269 e. The number of nitrogens with two attached hydrogens (primary N) is 1. The highest BCUT2D eigenvalue weighted by Crippen LogP contribution is 2.51. The lowest BCUT2D eigenvalue weighted by atomic mass is 10.0. The first-order valence-corrected chi connectivity index (χ1v) is 13.4. The number of thioether (sulfide) groups is 2. The van der Waals surface area contributed by atoms with Crippen LogP contribution in [0.3, 0.4) is 0 Å². The van der Waals surface area contributed by atoms with Crippen LogP contribution in [0, 0.1) is 0 Å². The average Bonchev–Trinajstić information content (AvgIpc) is 3.59. The molecule has 0 aliphatic carbocycles. The molecule has 0 bridgehead atoms. The molecule has 1 aromatic heterocycles. The molecule has 3 heterocycles. The van der Waals surface area contributed by atoms with E-state index in [4.69, 9.17) is 19.9 Å². The third kappa shape index (κ3) is 4.92. The first kappa shape index (κ1) is 26.0. The number of benzene rings is 2. The largest absolute Gasteiger partial charge is 0.497 e. The van der Waals surface area contributed by atoms with Gasteiger partial charge in [0.1, 0.15) is 22.5 Å². The Morgan fingerprint density at radius 1 is 1.16 bits per heavy atom. The quantitative estimate of drug-likeness (QED) is 0.428. The molecule has 2 aliphatic rings. The Bertz CT molecular complexity index is 1450. The number of hydrogen-bond acceptors (Lipinski definition) is 9. The van der Waals surface area contributed by atoms with Crippen molar-refractivity contribution in [1.29, 1.82) is 0 Å². The molecule has 2 aromatic carbocycles. The van der Waals surface area contributed by atoms with Gasteiger partial charge in [0.15, 0.2) is 5.17 Å². The van der Waals surface area contributed by atoms with Crippen LogP contribution in [-0.4, -0.2) is 55.0 Å². The van der Waals surface area contributed by atoms with Gasteiger partial charge >= 0.3 is 0 Å². The Morgan fingerprint density at radius 3 is 2.66 bits per heavy atom. The van der Waals surface area contributed by atoms with Crippen molar-refractivity contribution in [2.75, 3.05) is 33.2 Å².